The van der Waals surface area contributed by atoms with Crippen molar-refractivity contribution in [2.75, 3.05) is 11.8 Å². The van der Waals surface area contributed by atoms with Crippen molar-refractivity contribution in [3.63, 3.8) is 0 Å². The van der Waals surface area contributed by atoms with Crippen LogP contribution in [0, 0.1) is 16.0 Å². The van der Waals surface area contributed by atoms with Gasteiger partial charge in [-0.1, -0.05) is 6.92 Å². The summed E-state index contributed by atoms with van der Waals surface area (Å²) >= 11 is 0. The van der Waals surface area contributed by atoms with Crippen LogP contribution in [0.3, 0.4) is 0 Å². The molecule has 166 valence electrons. The number of rotatable bonds is 7. The van der Waals surface area contributed by atoms with E-state index in [4.69, 9.17) is 4.74 Å². The number of ether oxygens (including phenoxy) is 1. The number of nitrogens with zero attached hydrogens (tertiary/aromatic N) is 1. The van der Waals surface area contributed by atoms with Gasteiger partial charge >= 0.3 is 0 Å². The summed E-state index contributed by atoms with van der Waals surface area (Å²) in [5, 5.41) is 14.0. The third kappa shape index (κ3) is 5.52. The topological polar surface area (TPSA) is 128 Å². The molecule has 2 N–H and O–H groups in total. The van der Waals surface area contributed by atoms with Gasteiger partial charge in [0.05, 0.1) is 22.6 Å². The van der Waals surface area contributed by atoms with Crippen molar-refractivity contribution in [3.8, 4) is 5.75 Å². The van der Waals surface area contributed by atoms with E-state index >= 15 is 0 Å². The molecule has 0 saturated heterocycles. The van der Waals surface area contributed by atoms with Crippen LogP contribution >= 0.6 is 0 Å². The summed E-state index contributed by atoms with van der Waals surface area (Å²) in [6.45, 7) is 2.20. The summed E-state index contributed by atoms with van der Waals surface area (Å²) in [6, 6.07) is 9.29. The van der Waals surface area contributed by atoms with E-state index in [1.165, 1.54) is 43.5 Å². The molecule has 0 unspecified atom stereocenters. The Morgan fingerprint density at radius 3 is 2.32 bits per heavy atom. The van der Waals surface area contributed by atoms with Crippen LogP contribution in [0.25, 0.3) is 0 Å². The van der Waals surface area contributed by atoms with Gasteiger partial charge in [-0.2, -0.15) is 0 Å². The quantitative estimate of drug-likeness (QED) is 0.492. The van der Waals surface area contributed by atoms with E-state index in [1.54, 1.807) is 0 Å². The van der Waals surface area contributed by atoms with Gasteiger partial charge in [-0.15, -0.1) is 0 Å². The standard InChI is InChI=1S/C21H25N3O6S/c1-14-3-7-16(8-4-14)22-21(25)15-5-10-18(11-6-15)31(28,29)23-19-13-17(24(26)27)9-12-20(19)30-2/h5-6,9-14,16,23H,3-4,7-8H2,1-2H3,(H,22,25). The largest absolute Gasteiger partial charge is 0.495 e. The monoisotopic (exact) mass is 447 g/mol. The van der Waals surface area contributed by atoms with Gasteiger partial charge in [0.25, 0.3) is 21.6 Å². The number of hydrogen-bond acceptors (Lipinski definition) is 6. The van der Waals surface area contributed by atoms with Crippen LogP contribution < -0.4 is 14.8 Å². The highest BCUT2D eigenvalue weighted by Gasteiger charge is 2.22. The average Bonchev–Trinajstić information content (AvgIpc) is 2.75. The molecule has 3 rings (SSSR count). The zero-order valence-electron chi connectivity index (χ0n) is 17.3. The molecule has 0 radical (unpaired) electrons. The third-order valence-corrected chi connectivity index (χ3v) is 6.80. The number of methoxy groups -OCH3 is 1. The molecule has 0 aliphatic heterocycles. The molecule has 9 nitrogen and oxygen atoms in total. The molecule has 1 aliphatic carbocycles. The molecule has 2 aromatic carbocycles. The first-order valence-electron chi connectivity index (χ1n) is 9.96. The number of benzene rings is 2. The zero-order valence-corrected chi connectivity index (χ0v) is 18.1. The average molecular weight is 448 g/mol. The van der Waals surface area contributed by atoms with Crippen molar-refractivity contribution in [1.29, 1.82) is 0 Å². The first-order chi connectivity index (χ1) is 14.7. The lowest BCUT2D eigenvalue weighted by Gasteiger charge is -2.26. The number of sulfonamides is 1. The van der Waals surface area contributed by atoms with Crippen molar-refractivity contribution in [2.24, 2.45) is 5.92 Å². The smallest absolute Gasteiger partial charge is 0.271 e. The number of nitro benzene ring substituents is 1. The molecule has 1 aliphatic rings. The second-order valence-corrected chi connectivity index (χ2v) is 9.38. The predicted octanol–water partition coefficient (Wildman–Crippen LogP) is 3.71. The van der Waals surface area contributed by atoms with Gasteiger partial charge in [0.1, 0.15) is 5.75 Å². The van der Waals surface area contributed by atoms with Crippen LogP contribution in [0.4, 0.5) is 11.4 Å². The van der Waals surface area contributed by atoms with Gasteiger partial charge in [-0.25, -0.2) is 8.42 Å². The van der Waals surface area contributed by atoms with Crippen molar-refractivity contribution in [2.45, 2.75) is 43.5 Å². The molecule has 0 atom stereocenters. The minimum atomic E-state index is -4.05. The Hall–Kier alpha value is -3.14. The first-order valence-corrected chi connectivity index (χ1v) is 11.4. The highest BCUT2D eigenvalue weighted by atomic mass is 32.2. The Balaban J connectivity index is 1.73. The maximum atomic E-state index is 12.7. The SMILES string of the molecule is COc1ccc([N+](=O)[O-])cc1NS(=O)(=O)c1ccc(C(=O)NC2CCC(C)CC2)cc1. The number of hydrogen-bond donors (Lipinski definition) is 2. The second-order valence-electron chi connectivity index (χ2n) is 7.70. The molecule has 31 heavy (non-hydrogen) atoms. The van der Waals surface area contributed by atoms with Crippen molar-refractivity contribution in [3.05, 3.63) is 58.1 Å². The van der Waals surface area contributed by atoms with Crippen molar-refractivity contribution in [1.82, 2.24) is 5.32 Å². The van der Waals surface area contributed by atoms with Gasteiger partial charge < -0.3 is 10.1 Å². The number of non-ortho nitro benzene ring substituents is 1. The molecule has 10 heteroatoms. The number of carbonyl (C=O) groups excluding carboxylic acids is 1. The molecule has 1 saturated carbocycles. The Bertz CT molecular complexity index is 1060. The van der Waals surface area contributed by atoms with E-state index in [9.17, 15) is 23.3 Å². The summed E-state index contributed by atoms with van der Waals surface area (Å²) in [7, 11) is -2.72. The highest BCUT2D eigenvalue weighted by molar-refractivity contribution is 7.92. The maximum absolute atomic E-state index is 12.7. The fourth-order valence-corrected chi connectivity index (χ4v) is 4.61. The summed E-state index contributed by atoms with van der Waals surface area (Å²) in [5.41, 5.74) is 0.0400. The van der Waals surface area contributed by atoms with E-state index in [1.807, 2.05) is 0 Å². The fraction of sp³-hybridized carbons (Fsp3) is 0.381. The number of amides is 1. The zero-order chi connectivity index (χ0) is 22.6. The first kappa shape index (κ1) is 22.5. The minimum Gasteiger partial charge on any atom is -0.495 e. The lowest BCUT2D eigenvalue weighted by molar-refractivity contribution is -0.384. The van der Waals surface area contributed by atoms with Crippen LogP contribution in [0.15, 0.2) is 47.4 Å². The van der Waals surface area contributed by atoms with E-state index in [0.717, 1.165) is 31.7 Å². The van der Waals surface area contributed by atoms with Gasteiger partial charge in [0.15, 0.2) is 0 Å². The molecule has 1 fully saturated rings. The predicted molar refractivity (Wildman–Crippen MR) is 116 cm³/mol. The summed E-state index contributed by atoms with van der Waals surface area (Å²) in [5.74, 6) is 0.582. The van der Waals surface area contributed by atoms with Gasteiger partial charge in [0, 0.05) is 23.7 Å². The third-order valence-electron chi connectivity index (χ3n) is 5.42. The number of nitrogens with one attached hydrogen (secondary N) is 2. The van der Waals surface area contributed by atoms with Crippen LogP contribution in [-0.4, -0.2) is 32.4 Å². The van der Waals surface area contributed by atoms with Crippen LogP contribution in [0.1, 0.15) is 43.0 Å². The number of anilines is 1. The normalized spacial score (nSPS) is 18.8. The molecule has 0 spiro atoms. The van der Waals surface area contributed by atoms with E-state index in [0.29, 0.717) is 11.5 Å². The molecule has 2 aromatic rings. The number of carbonyl (C=O) groups is 1. The highest BCUT2D eigenvalue weighted by Crippen LogP contribution is 2.31. The van der Waals surface area contributed by atoms with E-state index in [-0.39, 0.29) is 34.0 Å². The van der Waals surface area contributed by atoms with E-state index < -0.39 is 14.9 Å². The van der Waals surface area contributed by atoms with Gasteiger partial charge in [-0.3, -0.25) is 19.6 Å². The molecule has 0 aromatic heterocycles. The van der Waals surface area contributed by atoms with E-state index in [2.05, 4.69) is 17.0 Å². The molecular weight excluding hydrogens is 422 g/mol. The Labute approximate surface area is 181 Å². The molecule has 0 heterocycles. The van der Waals surface area contributed by atoms with Crippen LogP contribution in [0.2, 0.25) is 0 Å². The van der Waals surface area contributed by atoms with Crippen molar-refractivity contribution >= 4 is 27.3 Å². The second kappa shape index (κ2) is 9.34. The lowest BCUT2D eigenvalue weighted by atomic mass is 9.87. The fourth-order valence-electron chi connectivity index (χ4n) is 3.55. The van der Waals surface area contributed by atoms with Crippen LogP contribution in [0.5, 0.6) is 5.75 Å². The molecular formula is C21H25N3O6S. The minimum absolute atomic E-state index is 0.0509. The Morgan fingerprint density at radius 2 is 1.74 bits per heavy atom. The molecule has 1 amide bonds. The Kier molecular flexibility index (Phi) is 6.79. The summed E-state index contributed by atoms with van der Waals surface area (Å²) in [6.07, 6.45) is 4.03. The maximum Gasteiger partial charge on any atom is 0.271 e. The summed E-state index contributed by atoms with van der Waals surface area (Å²) in [4.78, 5) is 22.8. The van der Waals surface area contributed by atoms with Gasteiger partial charge in [-0.05, 0) is 61.9 Å². The van der Waals surface area contributed by atoms with Crippen molar-refractivity contribution < 1.29 is 22.9 Å². The number of nitro groups is 1. The summed E-state index contributed by atoms with van der Waals surface area (Å²) < 4.78 is 32.9. The van der Waals surface area contributed by atoms with Crippen LogP contribution in [-0.2, 0) is 10.0 Å². The Morgan fingerprint density at radius 1 is 1.10 bits per heavy atom. The lowest BCUT2D eigenvalue weighted by Crippen LogP contribution is -2.37. The molecule has 0 bridgehead atoms. The van der Waals surface area contributed by atoms with Gasteiger partial charge in [0.2, 0.25) is 0 Å².